The second-order valence-corrected chi connectivity index (χ2v) is 6.06. The Labute approximate surface area is 115 Å². The van der Waals surface area contributed by atoms with Gasteiger partial charge in [-0.25, -0.2) is 0 Å². The van der Waals surface area contributed by atoms with Gasteiger partial charge < -0.3 is 5.32 Å². The molecule has 0 amide bonds. The Hall–Kier alpha value is 0.240. The summed E-state index contributed by atoms with van der Waals surface area (Å²) in [6, 6.07) is 0. The molecule has 0 radical (unpaired) electrons. The Bertz CT molecular complexity index is 242. The van der Waals surface area contributed by atoms with Crippen LogP contribution in [0.3, 0.4) is 0 Å². The van der Waals surface area contributed by atoms with Crippen molar-refractivity contribution in [2.24, 2.45) is 11.8 Å². The van der Waals surface area contributed by atoms with Crippen LogP contribution in [0.4, 0.5) is 0 Å². The predicted octanol–water partition coefficient (Wildman–Crippen LogP) is 3.26. The van der Waals surface area contributed by atoms with Crippen LogP contribution in [0.2, 0.25) is 0 Å². The lowest BCUT2D eigenvalue weighted by atomic mass is 9.98. The highest BCUT2D eigenvalue weighted by molar-refractivity contribution is 6.36. The van der Waals surface area contributed by atoms with Crippen molar-refractivity contribution in [3.63, 3.8) is 0 Å². The summed E-state index contributed by atoms with van der Waals surface area (Å²) >= 11 is 11.6. The molecule has 100 valence electrons. The lowest BCUT2D eigenvalue weighted by Crippen LogP contribution is -2.40. The minimum absolute atomic E-state index is 0.725. The highest BCUT2D eigenvalue weighted by Gasteiger charge is 2.19. The van der Waals surface area contributed by atoms with Crippen molar-refractivity contribution in [2.45, 2.75) is 26.7 Å². The summed E-state index contributed by atoms with van der Waals surface area (Å²) in [5.41, 5.74) is 1.47. The maximum Gasteiger partial charge on any atom is 0.0434 e. The van der Waals surface area contributed by atoms with Crippen molar-refractivity contribution in [3.8, 4) is 0 Å². The zero-order chi connectivity index (χ0) is 12.7. The van der Waals surface area contributed by atoms with E-state index in [9.17, 15) is 0 Å². The van der Waals surface area contributed by atoms with Crippen molar-refractivity contribution < 1.29 is 0 Å². The van der Waals surface area contributed by atoms with Crippen LogP contribution in [0.5, 0.6) is 0 Å². The molecule has 17 heavy (non-hydrogen) atoms. The normalized spacial score (nSPS) is 23.4. The molecule has 1 fully saturated rings. The number of nitrogens with zero attached hydrogens (tertiary/aromatic N) is 1. The zero-order valence-corrected chi connectivity index (χ0v) is 12.4. The van der Waals surface area contributed by atoms with E-state index in [1.165, 1.54) is 18.4 Å². The number of nitrogens with one attached hydrogen (secondary N) is 1. The average molecular weight is 279 g/mol. The largest absolute Gasteiger partial charge is 0.316 e. The molecule has 0 spiro atoms. The molecule has 0 aromatic rings. The second-order valence-electron chi connectivity index (χ2n) is 5.35. The van der Waals surface area contributed by atoms with E-state index in [0.29, 0.717) is 0 Å². The number of hydrogen-bond acceptors (Lipinski definition) is 2. The summed E-state index contributed by atoms with van der Waals surface area (Å²) in [6.45, 7) is 9.78. The molecule has 1 atom stereocenters. The summed E-state index contributed by atoms with van der Waals surface area (Å²) in [5, 5.41) is 4.28. The molecule has 0 aromatic carbocycles. The molecule has 1 rings (SSSR count). The smallest absolute Gasteiger partial charge is 0.0434 e. The summed E-state index contributed by atoms with van der Waals surface area (Å²) in [4.78, 5) is 2.40. The molecular weight excluding hydrogens is 255 g/mol. The van der Waals surface area contributed by atoms with Gasteiger partial charge in [-0.05, 0) is 44.3 Å². The molecule has 1 N–H and O–H groups in total. The Morgan fingerprint density at radius 3 is 2.94 bits per heavy atom. The summed E-state index contributed by atoms with van der Waals surface area (Å²) in [5.74, 6) is 1.48. The van der Waals surface area contributed by atoms with Gasteiger partial charge >= 0.3 is 0 Å². The quantitative estimate of drug-likeness (QED) is 0.802. The maximum absolute atomic E-state index is 5.96. The molecule has 0 aromatic heterocycles. The van der Waals surface area contributed by atoms with Crippen LogP contribution in [-0.4, -0.2) is 37.6 Å². The molecule has 2 nitrogen and oxygen atoms in total. The third-order valence-electron chi connectivity index (χ3n) is 3.08. The Morgan fingerprint density at radius 1 is 1.53 bits per heavy atom. The Balaban J connectivity index is 2.24. The van der Waals surface area contributed by atoms with Gasteiger partial charge in [0.2, 0.25) is 0 Å². The predicted molar refractivity (Wildman–Crippen MR) is 76.7 cm³/mol. The molecule has 1 aliphatic rings. The maximum atomic E-state index is 5.96. The molecular formula is C13H24Cl2N2. The van der Waals surface area contributed by atoms with Crippen LogP contribution in [0.15, 0.2) is 10.6 Å². The lowest BCUT2D eigenvalue weighted by molar-refractivity contribution is 0.186. The third kappa shape index (κ3) is 6.66. The van der Waals surface area contributed by atoms with Gasteiger partial charge in [-0.1, -0.05) is 37.0 Å². The van der Waals surface area contributed by atoms with Gasteiger partial charge in [-0.2, -0.15) is 0 Å². The van der Waals surface area contributed by atoms with Crippen LogP contribution >= 0.6 is 23.2 Å². The summed E-state index contributed by atoms with van der Waals surface area (Å²) < 4.78 is 0. The van der Waals surface area contributed by atoms with Gasteiger partial charge in [0.1, 0.15) is 0 Å². The van der Waals surface area contributed by atoms with Crippen molar-refractivity contribution >= 4 is 23.2 Å². The minimum Gasteiger partial charge on any atom is -0.316 e. The molecule has 1 saturated heterocycles. The number of hydrogen-bond donors (Lipinski definition) is 1. The van der Waals surface area contributed by atoms with Gasteiger partial charge in [0.05, 0.1) is 0 Å². The Morgan fingerprint density at radius 2 is 2.29 bits per heavy atom. The van der Waals surface area contributed by atoms with Crippen molar-refractivity contribution in [1.82, 2.24) is 10.2 Å². The first-order valence-electron chi connectivity index (χ1n) is 6.49. The van der Waals surface area contributed by atoms with Crippen molar-refractivity contribution in [1.29, 1.82) is 0 Å². The average Bonchev–Trinajstić information content (AvgIpc) is 2.29. The molecule has 4 heteroatoms. The molecule has 1 heterocycles. The molecule has 1 unspecified atom stereocenters. The van der Waals surface area contributed by atoms with Crippen LogP contribution < -0.4 is 5.32 Å². The minimum atomic E-state index is 0.725. The summed E-state index contributed by atoms with van der Waals surface area (Å²) in [7, 11) is 0. The Kier molecular flexibility index (Phi) is 7.52. The summed E-state index contributed by atoms with van der Waals surface area (Å²) in [6.07, 6.45) is 2.59. The van der Waals surface area contributed by atoms with Crippen molar-refractivity contribution in [3.05, 3.63) is 10.6 Å². The fourth-order valence-electron chi connectivity index (χ4n) is 2.29. The SMILES string of the molecule is CC(C)CNCC1CCCN(CC(Cl)=CCl)C1. The van der Waals surface area contributed by atoms with Crippen LogP contribution in [0, 0.1) is 11.8 Å². The van der Waals surface area contributed by atoms with E-state index in [2.05, 4.69) is 24.1 Å². The van der Waals surface area contributed by atoms with E-state index in [1.54, 1.807) is 0 Å². The van der Waals surface area contributed by atoms with E-state index >= 15 is 0 Å². The van der Waals surface area contributed by atoms with Crippen LogP contribution in [-0.2, 0) is 0 Å². The number of rotatable bonds is 6. The van der Waals surface area contributed by atoms with Gasteiger partial charge in [0, 0.05) is 23.7 Å². The van der Waals surface area contributed by atoms with Gasteiger partial charge in [0.15, 0.2) is 0 Å². The molecule has 1 aliphatic heterocycles. The zero-order valence-electron chi connectivity index (χ0n) is 10.9. The first-order chi connectivity index (χ1) is 8.11. The number of likely N-dealkylation sites (tertiary alicyclic amines) is 1. The highest BCUT2D eigenvalue weighted by Crippen LogP contribution is 2.18. The van der Waals surface area contributed by atoms with Crippen LogP contribution in [0.25, 0.3) is 0 Å². The first kappa shape index (κ1) is 15.3. The van der Waals surface area contributed by atoms with Crippen LogP contribution in [0.1, 0.15) is 26.7 Å². The fraction of sp³-hybridized carbons (Fsp3) is 0.846. The lowest BCUT2D eigenvalue weighted by Gasteiger charge is -2.32. The first-order valence-corrected chi connectivity index (χ1v) is 7.31. The fourth-order valence-corrected chi connectivity index (χ4v) is 2.52. The number of halogens is 2. The third-order valence-corrected chi connectivity index (χ3v) is 3.69. The van der Waals surface area contributed by atoms with E-state index in [4.69, 9.17) is 23.2 Å². The molecule has 0 saturated carbocycles. The van der Waals surface area contributed by atoms with Gasteiger partial charge in [-0.3, -0.25) is 4.90 Å². The highest BCUT2D eigenvalue weighted by atomic mass is 35.5. The standard InChI is InChI=1S/C13H24Cl2N2/c1-11(2)7-16-8-12-4-3-5-17(9-12)10-13(15)6-14/h6,11-12,16H,3-5,7-10H2,1-2H3. The van der Waals surface area contributed by atoms with Gasteiger partial charge in [0.25, 0.3) is 0 Å². The molecule has 0 aliphatic carbocycles. The van der Waals surface area contributed by atoms with Gasteiger partial charge in [-0.15, -0.1) is 0 Å². The topological polar surface area (TPSA) is 15.3 Å². The van der Waals surface area contributed by atoms with E-state index in [0.717, 1.165) is 49.6 Å². The van der Waals surface area contributed by atoms with E-state index in [1.807, 2.05) is 0 Å². The van der Waals surface area contributed by atoms with Crippen molar-refractivity contribution in [2.75, 3.05) is 32.7 Å². The van der Waals surface area contributed by atoms with E-state index in [-0.39, 0.29) is 0 Å². The second kappa shape index (κ2) is 8.36. The monoisotopic (exact) mass is 278 g/mol. The van der Waals surface area contributed by atoms with E-state index < -0.39 is 0 Å². The number of piperidine rings is 1. The molecule has 0 bridgehead atoms.